The zero-order valence-corrected chi connectivity index (χ0v) is 25.5. The normalized spacial score (nSPS) is 12.5. The fourth-order valence-corrected chi connectivity index (χ4v) is 5.73. The molecule has 0 radical (unpaired) electrons. The molecule has 3 rings (SSSR count). The number of carbonyl (C=O) groups excluding carboxylic acids is 2. The number of anilines is 1. The Labute approximate surface area is 243 Å². The van der Waals surface area contributed by atoms with Crippen molar-refractivity contribution in [2.24, 2.45) is 0 Å². The first-order chi connectivity index (χ1) is 18.7. The number of nitrogens with zero attached hydrogens (tertiary/aromatic N) is 2. The molecule has 0 aliphatic carbocycles. The molecule has 1 atom stereocenters. The Morgan fingerprint density at radius 2 is 1.57 bits per heavy atom. The number of aryl methyl sites for hydroxylation is 2. The first-order valence-electron chi connectivity index (χ1n) is 13.2. The second-order valence-corrected chi connectivity index (χ2v) is 13.3. The van der Waals surface area contributed by atoms with E-state index in [1.165, 1.54) is 17.0 Å². The van der Waals surface area contributed by atoms with Crippen molar-refractivity contribution >= 4 is 39.1 Å². The van der Waals surface area contributed by atoms with Crippen molar-refractivity contribution in [3.63, 3.8) is 0 Å². The topological polar surface area (TPSA) is 86.8 Å². The molecular formula is C31H38ClN3O4S. The molecule has 0 saturated heterocycles. The summed E-state index contributed by atoms with van der Waals surface area (Å²) < 4.78 is 28.9. The third-order valence-electron chi connectivity index (χ3n) is 6.48. The molecule has 0 aromatic heterocycles. The number of carbonyl (C=O) groups is 2. The van der Waals surface area contributed by atoms with Crippen LogP contribution >= 0.6 is 11.6 Å². The van der Waals surface area contributed by atoms with E-state index in [1.807, 2.05) is 65.0 Å². The first-order valence-corrected chi connectivity index (χ1v) is 15.0. The van der Waals surface area contributed by atoms with Crippen LogP contribution in [0.5, 0.6) is 0 Å². The van der Waals surface area contributed by atoms with Crippen molar-refractivity contribution in [3.05, 3.63) is 94.5 Å². The molecule has 1 N–H and O–H groups in total. The minimum absolute atomic E-state index is 0.0527. The van der Waals surface area contributed by atoms with Crippen molar-refractivity contribution in [1.29, 1.82) is 0 Å². The molecule has 40 heavy (non-hydrogen) atoms. The molecule has 3 aromatic carbocycles. The SMILES string of the molecule is Cc1ccc(S(=O)(=O)N(CC(=O)N(CCc2ccccc2)C(C)C(=O)NC(C)(C)C)c2ccc(C)c(Cl)c2)cc1. The lowest BCUT2D eigenvalue weighted by molar-refractivity contribution is -0.139. The maximum Gasteiger partial charge on any atom is 0.264 e. The molecule has 0 fully saturated rings. The van der Waals surface area contributed by atoms with Crippen LogP contribution in [0.3, 0.4) is 0 Å². The second-order valence-electron chi connectivity index (χ2n) is 11.0. The van der Waals surface area contributed by atoms with Gasteiger partial charge in [-0.1, -0.05) is 65.7 Å². The molecule has 7 nitrogen and oxygen atoms in total. The molecule has 0 aliphatic heterocycles. The molecule has 3 aromatic rings. The van der Waals surface area contributed by atoms with Gasteiger partial charge in [0, 0.05) is 17.1 Å². The van der Waals surface area contributed by atoms with E-state index in [1.54, 1.807) is 37.3 Å². The smallest absolute Gasteiger partial charge is 0.264 e. The Hall–Kier alpha value is -3.36. The van der Waals surface area contributed by atoms with E-state index in [0.717, 1.165) is 21.0 Å². The van der Waals surface area contributed by atoms with Crippen molar-refractivity contribution in [3.8, 4) is 0 Å². The lowest BCUT2D eigenvalue weighted by Gasteiger charge is -2.33. The van der Waals surface area contributed by atoms with Gasteiger partial charge in [-0.15, -0.1) is 0 Å². The highest BCUT2D eigenvalue weighted by Gasteiger charge is 2.33. The number of amides is 2. The maximum absolute atomic E-state index is 14.0. The van der Waals surface area contributed by atoms with E-state index in [2.05, 4.69) is 5.32 Å². The fraction of sp³-hybridized carbons (Fsp3) is 0.355. The van der Waals surface area contributed by atoms with E-state index < -0.39 is 34.1 Å². The predicted molar refractivity (Wildman–Crippen MR) is 161 cm³/mol. The van der Waals surface area contributed by atoms with Gasteiger partial charge >= 0.3 is 0 Å². The molecule has 0 bridgehead atoms. The van der Waals surface area contributed by atoms with Gasteiger partial charge in [0.05, 0.1) is 10.6 Å². The van der Waals surface area contributed by atoms with E-state index >= 15 is 0 Å². The van der Waals surface area contributed by atoms with E-state index in [-0.39, 0.29) is 23.0 Å². The van der Waals surface area contributed by atoms with E-state index in [4.69, 9.17) is 11.6 Å². The summed E-state index contributed by atoms with van der Waals surface area (Å²) in [5.74, 6) is -0.819. The molecule has 1 unspecified atom stereocenters. The molecule has 0 spiro atoms. The summed E-state index contributed by atoms with van der Waals surface area (Å²) in [7, 11) is -4.14. The second kappa shape index (κ2) is 12.9. The van der Waals surface area contributed by atoms with Gasteiger partial charge in [0.2, 0.25) is 11.8 Å². The van der Waals surface area contributed by atoms with Crippen LogP contribution < -0.4 is 9.62 Å². The number of halogens is 1. The number of benzene rings is 3. The summed E-state index contributed by atoms with van der Waals surface area (Å²) in [5, 5.41) is 3.31. The average molecular weight is 584 g/mol. The van der Waals surface area contributed by atoms with Gasteiger partial charge in [0.15, 0.2) is 0 Å². The van der Waals surface area contributed by atoms with Crippen LogP contribution in [0.4, 0.5) is 5.69 Å². The van der Waals surface area contributed by atoms with E-state index in [0.29, 0.717) is 11.4 Å². The average Bonchev–Trinajstić information content (AvgIpc) is 2.88. The van der Waals surface area contributed by atoms with Crippen LogP contribution in [0, 0.1) is 13.8 Å². The summed E-state index contributed by atoms with van der Waals surface area (Å²) in [6.45, 7) is 10.7. The molecular weight excluding hydrogens is 546 g/mol. The number of hydrogen-bond acceptors (Lipinski definition) is 4. The number of sulfonamides is 1. The van der Waals surface area contributed by atoms with Crippen LogP contribution in [-0.2, 0) is 26.0 Å². The van der Waals surface area contributed by atoms with E-state index in [9.17, 15) is 18.0 Å². The molecule has 0 saturated carbocycles. The quantitative estimate of drug-likeness (QED) is 0.340. The van der Waals surface area contributed by atoms with Crippen LogP contribution in [0.25, 0.3) is 0 Å². The van der Waals surface area contributed by atoms with Gasteiger partial charge in [-0.25, -0.2) is 8.42 Å². The Morgan fingerprint density at radius 1 is 0.950 bits per heavy atom. The van der Waals surface area contributed by atoms with Crippen LogP contribution in [0.1, 0.15) is 44.4 Å². The van der Waals surface area contributed by atoms with Gasteiger partial charge in [-0.3, -0.25) is 13.9 Å². The van der Waals surface area contributed by atoms with Gasteiger partial charge in [0.25, 0.3) is 10.0 Å². The monoisotopic (exact) mass is 583 g/mol. The Morgan fingerprint density at radius 3 is 2.15 bits per heavy atom. The van der Waals surface area contributed by atoms with Gasteiger partial charge in [-0.05, 0) is 83.4 Å². The lowest BCUT2D eigenvalue weighted by atomic mass is 10.1. The highest BCUT2D eigenvalue weighted by molar-refractivity contribution is 7.92. The zero-order valence-electron chi connectivity index (χ0n) is 23.9. The molecule has 0 aliphatic rings. The van der Waals surface area contributed by atoms with Crippen molar-refractivity contribution in [2.45, 2.75) is 64.4 Å². The van der Waals surface area contributed by atoms with Gasteiger partial charge < -0.3 is 10.2 Å². The van der Waals surface area contributed by atoms with Gasteiger partial charge in [0.1, 0.15) is 12.6 Å². The summed E-state index contributed by atoms with van der Waals surface area (Å²) in [6.07, 6.45) is 0.501. The fourth-order valence-electron chi connectivity index (χ4n) is 4.15. The number of nitrogens with one attached hydrogen (secondary N) is 1. The van der Waals surface area contributed by atoms with Crippen LogP contribution in [-0.4, -0.2) is 49.8 Å². The summed E-state index contributed by atoms with van der Waals surface area (Å²) in [5.41, 5.74) is 2.45. The van der Waals surface area contributed by atoms with Crippen LogP contribution in [0.2, 0.25) is 5.02 Å². The zero-order chi connectivity index (χ0) is 29.7. The minimum atomic E-state index is -4.14. The minimum Gasteiger partial charge on any atom is -0.350 e. The molecule has 0 heterocycles. The Kier molecular flexibility index (Phi) is 10.0. The third kappa shape index (κ3) is 8.08. The highest BCUT2D eigenvalue weighted by atomic mass is 35.5. The van der Waals surface area contributed by atoms with Crippen molar-refractivity contribution in [2.75, 3.05) is 17.4 Å². The number of hydrogen-bond donors (Lipinski definition) is 1. The standard InChI is InChI=1S/C31H38ClN3O4S/c1-22-12-16-27(17-13-22)40(38,39)35(26-15-14-23(2)28(32)20-26)21-29(36)34(19-18-25-10-8-7-9-11-25)24(3)30(37)33-31(4,5)6/h7-17,20,24H,18-19,21H2,1-6H3,(H,33,37). The first kappa shape index (κ1) is 31.2. The molecule has 2 amide bonds. The van der Waals surface area contributed by atoms with Crippen molar-refractivity contribution < 1.29 is 18.0 Å². The van der Waals surface area contributed by atoms with Crippen LogP contribution in [0.15, 0.2) is 77.7 Å². The molecule has 214 valence electrons. The van der Waals surface area contributed by atoms with Gasteiger partial charge in [-0.2, -0.15) is 0 Å². The number of rotatable bonds is 10. The summed E-state index contributed by atoms with van der Waals surface area (Å²) >= 11 is 6.38. The summed E-state index contributed by atoms with van der Waals surface area (Å²) in [6, 6.07) is 20.1. The highest BCUT2D eigenvalue weighted by Crippen LogP contribution is 2.28. The predicted octanol–water partition coefficient (Wildman–Crippen LogP) is 5.53. The Balaban J connectivity index is 2.01. The Bertz CT molecular complexity index is 1440. The lowest BCUT2D eigenvalue weighted by Crippen LogP contribution is -2.55. The van der Waals surface area contributed by atoms with Crippen molar-refractivity contribution in [1.82, 2.24) is 10.2 Å². The molecule has 9 heteroatoms. The largest absolute Gasteiger partial charge is 0.350 e. The third-order valence-corrected chi connectivity index (χ3v) is 8.68. The maximum atomic E-state index is 14.0. The summed E-state index contributed by atoms with van der Waals surface area (Å²) in [4.78, 5) is 28.6.